The molecule has 1 aliphatic heterocycles. The summed E-state index contributed by atoms with van der Waals surface area (Å²) in [6, 6.07) is 7.83. The Morgan fingerprint density at radius 2 is 2.10 bits per heavy atom. The van der Waals surface area contributed by atoms with E-state index in [0.29, 0.717) is 11.3 Å². The number of hydrogen-bond donors (Lipinski definition) is 2. The molecule has 31 heavy (non-hydrogen) atoms. The minimum atomic E-state index is -4.57. The monoisotopic (exact) mass is 470 g/mol. The highest BCUT2D eigenvalue weighted by molar-refractivity contribution is 7.09. The molecule has 0 radical (unpaired) electrons. The Morgan fingerprint density at radius 3 is 2.71 bits per heavy atom. The van der Waals surface area contributed by atoms with Crippen molar-refractivity contribution < 1.29 is 22.7 Å². The third-order valence-electron chi connectivity index (χ3n) is 5.03. The zero-order chi connectivity index (χ0) is 22.2. The maximum absolute atomic E-state index is 13.9. The number of nitrogens with zero attached hydrogens (tertiary/aromatic N) is 2. The molecule has 1 aliphatic rings. The van der Waals surface area contributed by atoms with Gasteiger partial charge in [0.1, 0.15) is 16.6 Å². The van der Waals surface area contributed by atoms with Crippen LogP contribution in [-0.2, 0) is 6.54 Å². The molecule has 0 unspecified atom stereocenters. The molecular weight excluding hydrogens is 453 g/mol. The number of anilines is 1. The van der Waals surface area contributed by atoms with Crippen molar-refractivity contribution in [3.05, 3.63) is 62.9 Å². The molecule has 164 valence electrons. The molecule has 0 fully saturated rings. The fourth-order valence-corrected chi connectivity index (χ4v) is 4.36. The Bertz CT molecular complexity index is 1070. The minimum absolute atomic E-state index is 0.0302. The van der Waals surface area contributed by atoms with Crippen molar-refractivity contribution in [1.82, 2.24) is 15.1 Å². The molecule has 0 bridgehead atoms. The summed E-state index contributed by atoms with van der Waals surface area (Å²) in [5.41, 5.74) is 0.396. The summed E-state index contributed by atoms with van der Waals surface area (Å²) >= 11 is 7.77. The van der Waals surface area contributed by atoms with Crippen LogP contribution in [0.4, 0.5) is 19.0 Å². The molecule has 1 aromatic carbocycles. The number of alkyl halides is 3. The van der Waals surface area contributed by atoms with Crippen LogP contribution < -0.4 is 15.4 Å². The van der Waals surface area contributed by atoms with E-state index in [-0.39, 0.29) is 29.5 Å². The summed E-state index contributed by atoms with van der Waals surface area (Å²) in [5, 5.41) is 11.3. The third-order valence-corrected chi connectivity index (χ3v) is 6.27. The molecule has 11 heteroatoms. The Balaban J connectivity index is 1.64. The van der Waals surface area contributed by atoms with Gasteiger partial charge in [0.2, 0.25) is 0 Å². The Morgan fingerprint density at radius 1 is 1.35 bits per heavy atom. The molecule has 0 spiro atoms. The zero-order valence-electron chi connectivity index (χ0n) is 16.2. The topological polar surface area (TPSA) is 68.2 Å². The highest BCUT2D eigenvalue weighted by Crippen LogP contribution is 2.46. The lowest BCUT2D eigenvalue weighted by Gasteiger charge is -2.33. The van der Waals surface area contributed by atoms with Crippen LogP contribution in [0.1, 0.15) is 39.4 Å². The fraction of sp³-hybridized carbons (Fsp3) is 0.300. The lowest BCUT2D eigenvalue weighted by Crippen LogP contribution is -2.35. The van der Waals surface area contributed by atoms with Gasteiger partial charge in [0.05, 0.1) is 19.7 Å². The second-order valence-electron chi connectivity index (χ2n) is 6.98. The van der Waals surface area contributed by atoms with Crippen LogP contribution in [0, 0.1) is 0 Å². The molecule has 1 amide bonds. The van der Waals surface area contributed by atoms with Crippen molar-refractivity contribution in [3.8, 4) is 5.75 Å². The summed E-state index contributed by atoms with van der Waals surface area (Å²) < 4.78 is 47.4. The molecule has 3 heterocycles. The number of fused-ring (bicyclic) bond motifs is 1. The van der Waals surface area contributed by atoms with Gasteiger partial charge in [-0.25, -0.2) is 4.68 Å². The van der Waals surface area contributed by atoms with Crippen LogP contribution in [-0.4, -0.2) is 29.0 Å². The standard InChI is InChI=1S/C20H18ClF3N4O2S/c1-30-12-6-4-11(5-7-12)14-9-15(20(22,23)24)28-18(26-14)16(21)17(27-28)19(29)25-10-13-3-2-8-31-13/h2-8,14-15,26H,9-10H2,1H3,(H,25,29)/t14-,15+/m1/s1. The average molecular weight is 471 g/mol. The lowest BCUT2D eigenvalue weighted by molar-refractivity contribution is -0.173. The Labute approximate surface area is 185 Å². The SMILES string of the molecule is COc1ccc([C@H]2C[C@@H](C(F)(F)F)n3nc(C(=O)NCc4cccs4)c(Cl)c3N2)cc1. The molecule has 4 rings (SSSR count). The van der Waals surface area contributed by atoms with Gasteiger partial charge in [-0.1, -0.05) is 29.8 Å². The predicted octanol–water partition coefficient (Wildman–Crippen LogP) is 5.20. The highest BCUT2D eigenvalue weighted by Gasteiger charge is 2.47. The predicted molar refractivity (Wildman–Crippen MR) is 112 cm³/mol. The number of methoxy groups -OCH3 is 1. The van der Waals surface area contributed by atoms with Gasteiger partial charge in [0.15, 0.2) is 11.7 Å². The summed E-state index contributed by atoms with van der Waals surface area (Å²) in [5.74, 6) is -0.0685. The van der Waals surface area contributed by atoms with Gasteiger partial charge in [0, 0.05) is 11.3 Å². The van der Waals surface area contributed by atoms with Gasteiger partial charge in [-0.05, 0) is 29.1 Å². The average Bonchev–Trinajstić information content (AvgIpc) is 3.39. The van der Waals surface area contributed by atoms with Crippen LogP contribution in [0.25, 0.3) is 0 Å². The van der Waals surface area contributed by atoms with E-state index in [1.165, 1.54) is 18.4 Å². The molecule has 2 N–H and O–H groups in total. The first kappa shape index (κ1) is 21.5. The Kier molecular flexibility index (Phi) is 5.85. The van der Waals surface area contributed by atoms with E-state index in [2.05, 4.69) is 15.7 Å². The summed E-state index contributed by atoms with van der Waals surface area (Å²) in [6.45, 7) is 0.236. The number of amides is 1. The quantitative estimate of drug-likeness (QED) is 0.538. The van der Waals surface area contributed by atoms with Crippen molar-refractivity contribution in [3.63, 3.8) is 0 Å². The summed E-state index contributed by atoms with van der Waals surface area (Å²) in [6.07, 6.45) is -4.86. The van der Waals surface area contributed by atoms with E-state index in [1.54, 1.807) is 24.3 Å². The zero-order valence-corrected chi connectivity index (χ0v) is 17.8. The second-order valence-corrected chi connectivity index (χ2v) is 8.39. The van der Waals surface area contributed by atoms with E-state index in [9.17, 15) is 18.0 Å². The van der Waals surface area contributed by atoms with Crippen molar-refractivity contribution >= 4 is 34.7 Å². The number of nitrogens with one attached hydrogen (secondary N) is 2. The van der Waals surface area contributed by atoms with E-state index >= 15 is 0 Å². The number of carbonyl (C=O) groups excluding carboxylic acids is 1. The maximum Gasteiger partial charge on any atom is 0.410 e. The molecule has 2 aromatic heterocycles. The normalized spacial score (nSPS) is 18.2. The van der Waals surface area contributed by atoms with Crippen LogP contribution in [0.15, 0.2) is 41.8 Å². The fourth-order valence-electron chi connectivity index (χ4n) is 3.45. The Hall–Kier alpha value is -2.72. The van der Waals surface area contributed by atoms with E-state index in [0.717, 1.165) is 9.56 Å². The maximum atomic E-state index is 13.9. The van der Waals surface area contributed by atoms with E-state index in [4.69, 9.17) is 16.3 Å². The second kappa shape index (κ2) is 8.43. The molecule has 0 saturated carbocycles. The highest BCUT2D eigenvalue weighted by atomic mass is 35.5. The van der Waals surface area contributed by atoms with Crippen molar-refractivity contribution in [1.29, 1.82) is 0 Å². The van der Waals surface area contributed by atoms with E-state index in [1.807, 2.05) is 17.5 Å². The van der Waals surface area contributed by atoms with Crippen LogP contribution in [0.3, 0.4) is 0 Å². The molecule has 0 aliphatic carbocycles. The number of hydrogen-bond acceptors (Lipinski definition) is 5. The van der Waals surface area contributed by atoms with Crippen molar-refractivity contribution in [2.24, 2.45) is 0 Å². The van der Waals surface area contributed by atoms with Crippen LogP contribution in [0.5, 0.6) is 5.75 Å². The van der Waals surface area contributed by atoms with Crippen molar-refractivity contribution in [2.75, 3.05) is 12.4 Å². The largest absolute Gasteiger partial charge is 0.497 e. The number of benzene rings is 1. The molecule has 6 nitrogen and oxygen atoms in total. The first-order valence-corrected chi connectivity index (χ1v) is 10.6. The number of aromatic nitrogens is 2. The third kappa shape index (κ3) is 4.35. The minimum Gasteiger partial charge on any atom is -0.497 e. The first-order chi connectivity index (χ1) is 14.8. The van der Waals surface area contributed by atoms with Gasteiger partial charge >= 0.3 is 6.18 Å². The molecule has 2 atom stereocenters. The first-order valence-electron chi connectivity index (χ1n) is 9.33. The molecule has 0 saturated heterocycles. The van der Waals surface area contributed by atoms with Crippen molar-refractivity contribution in [2.45, 2.75) is 31.2 Å². The van der Waals surface area contributed by atoms with Gasteiger partial charge in [-0.15, -0.1) is 11.3 Å². The number of thiophene rings is 1. The number of rotatable bonds is 5. The molecule has 3 aromatic rings. The smallest absolute Gasteiger partial charge is 0.410 e. The van der Waals surface area contributed by atoms with Gasteiger partial charge in [-0.2, -0.15) is 18.3 Å². The molecular formula is C20H18ClF3N4O2S. The van der Waals surface area contributed by atoms with Gasteiger partial charge in [-0.3, -0.25) is 4.79 Å². The van der Waals surface area contributed by atoms with Gasteiger partial charge in [0.25, 0.3) is 5.91 Å². The summed E-state index contributed by atoms with van der Waals surface area (Å²) in [4.78, 5) is 13.5. The van der Waals surface area contributed by atoms with E-state index < -0.39 is 24.2 Å². The number of carbonyl (C=O) groups is 1. The summed E-state index contributed by atoms with van der Waals surface area (Å²) in [7, 11) is 1.51. The van der Waals surface area contributed by atoms with Crippen LogP contribution in [0.2, 0.25) is 5.02 Å². The van der Waals surface area contributed by atoms with Crippen LogP contribution >= 0.6 is 22.9 Å². The lowest BCUT2D eigenvalue weighted by atomic mass is 9.97. The number of ether oxygens (including phenoxy) is 1. The van der Waals surface area contributed by atoms with Gasteiger partial charge < -0.3 is 15.4 Å². The number of halogens is 4.